The number of fused-ring (bicyclic) bond motifs is 2. The van der Waals surface area contributed by atoms with Crippen molar-refractivity contribution in [3.63, 3.8) is 0 Å². The fraction of sp³-hybridized carbons (Fsp3) is 0.118. The summed E-state index contributed by atoms with van der Waals surface area (Å²) in [7, 11) is 0. The number of amides is 1. The van der Waals surface area contributed by atoms with Crippen LogP contribution in [-0.4, -0.2) is 15.9 Å². The smallest absolute Gasteiger partial charge is 0.273 e. The third kappa shape index (κ3) is 2.72. The molecule has 2 aromatic heterocycles. The van der Waals surface area contributed by atoms with Gasteiger partial charge in [-0.05, 0) is 43.2 Å². The van der Waals surface area contributed by atoms with Gasteiger partial charge in [-0.25, -0.2) is 9.97 Å². The van der Waals surface area contributed by atoms with E-state index in [0.29, 0.717) is 10.1 Å². The summed E-state index contributed by atoms with van der Waals surface area (Å²) in [5.74, 6) is -0.261. The minimum atomic E-state index is -0.261. The number of nitrogens with zero attached hydrogens (tertiary/aromatic N) is 2. The van der Waals surface area contributed by atoms with Gasteiger partial charge in [0.2, 0.25) is 5.13 Å². The monoisotopic (exact) mass is 354 g/mol. The van der Waals surface area contributed by atoms with Gasteiger partial charge in [0.15, 0.2) is 5.01 Å². The van der Waals surface area contributed by atoms with E-state index in [0.717, 1.165) is 26.0 Å². The van der Waals surface area contributed by atoms with Crippen molar-refractivity contribution in [2.24, 2.45) is 0 Å². The van der Waals surface area contributed by atoms with Gasteiger partial charge in [-0.15, -0.1) is 11.3 Å². The van der Waals surface area contributed by atoms with E-state index in [4.69, 9.17) is 0 Å². The van der Waals surface area contributed by atoms with Gasteiger partial charge in [0.25, 0.3) is 5.91 Å². The zero-order chi connectivity index (χ0) is 16.7. The van der Waals surface area contributed by atoms with E-state index in [2.05, 4.69) is 39.9 Å². The maximum atomic E-state index is 12.3. The molecule has 7 heteroatoms. The van der Waals surface area contributed by atoms with E-state index >= 15 is 0 Å². The normalized spacial score (nSPS) is 11.1. The van der Waals surface area contributed by atoms with Crippen molar-refractivity contribution in [2.75, 3.05) is 5.43 Å². The molecular formula is C17H14N4OS2. The van der Waals surface area contributed by atoms with Gasteiger partial charge in [0.1, 0.15) is 0 Å². The number of para-hydroxylation sites is 1. The van der Waals surface area contributed by atoms with Gasteiger partial charge in [-0.1, -0.05) is 29.5 Å². The maximum Gasteiger partial charge on any atom is 0.298 e. The molecule has 0 radical (unpaired) electrons. The van der Waals surface area contributed by atoms with E-state index in [1.54, 1.807) is 0 Å². The van der Waals surface area contributed by atoms with Gasteiger partial charge in [0, 0.05) is 0 Å². The molecule has 1 amide bonds. The third-order valence-electron chi connectivity index (χ3n) is 3.60. The summed E-state index contributed by atoms with van der Waals surface area (Å²) in [6, 6.07) is 11.9. The van der Waals surface area contributed by atoms with E-state index in [1.807, 2.05) is 31.2 Å². The van der Waals surface area contributed by atoms with Crippen molar-refractivity contribution < 1.29 is 4.79 Å². The Morgan fingerprint density at radius 3 is 2.71 bits per heavy atom. The van der Waals surface area contributed by atoms with Crippen LogP contribution in [0.3, 0.4) is 0 Å². The molecule has 4 aromatic rings. The zero-order valence-electron chi connectivity index (χ0n) is 13.1. The minimum Gasteiger partial charge on any atom is -0.273 e. The Hall–Kier alpha value is -2.51. The molecule has 0 aliphatic rings. The predicted octanol–water partition coefficient (Wildman–Crippen LogP) is 4.28. The number of thiazole rings is 2. The number of aryl methyl sites for hydroxylation is 2. The lowest BCUT2D eigenvalue weighted by molar-refractivity contribution is 0.0962. The Balaban J connectivity index is 1.53. The first kappa shape index (κ1) is 15.0. The van der Waals surface area contributed by atoms with Crippen molar-refractivity contribution in [3.8, 4) is 0 Å². The first-order valence-corrected chi connectivity index (χ1v) is 9.03. The number of carbonyl (C=O) groups excluding carboxylic acids is 1. The molecule has 0 saturated heterocycles. The molecule has 5 nitrogen and oxygen atoms in total. The molecule has 0 aliphatic heterocycles. The maximum absolute atomic E-state index is 12.3. The number of aromatic nitrogens is 2. The van der Waals surface area contributed by atoms with Gasteiger partial charge in [0.05, 0.1) is 20.4 Å². The highest BCUT2D eigenvalue weighted by atomic mass is 32.1. The summed E-state index contributed by atoms with van der Waals surface area (Å²) < 4.78 is 2.10. The molecule has 120 valence electrons. The van der Waals surface area contributed by atoms with Crippen LogP contribution in [0.15, 0.2) is 36.4 Å². The van der Waals surface area contributed by atoms with Gasteiger partial charge in [-0.3, -0.25) is 15.6 Å². The van der Waals surface area contributed by atoms with E-state index in [-0.39, 0.29) is 5.91 Å². The van der Waals surface area contributed by atoms with Crippen LogP contribution in [0.25, 0.3) is 20.4 Å². The average Bonchev–Trinajstić information content (AvgIpc) is 3.16. The first-order valence-electron chi connectivity index (χ1n) is 7.40. The molecule has 0 atom stereocenters. The highest BCUT2D eigenvalue weighted by Gasteiger charge is 2.13. The number of carbonyl (C=O) groups is 1. The fourth-order valence-electron chi connectivity index (χ4n) is 2.56. The molecule has 0 bridgehead atoms. The van der Waals surface area contributed by atoms with E-state index in [9.17, 15) is 4.79 Å². The number of nitrogens with one attached hydrogen (secondary N) is 2. The van der Waals surface area contributed by atoms with Crippen LogP contribution in [0.5, 0.6) is 0 Å². The summed E-state index contributed by atoms with van der Waals surface area (Å²) in [5, 5.41) is 1.09. The molecule has 0 unspecified atom stereocenters. The summed E-state index contributed by atoms with van der Waals surface area (Å²) in [6.45, 7) is 4.10. The highest BCUT2D eigenvalue weighted by molar-refractivity contribution is 7.22. The van der Waals surface area contributed by atoms with Crippen LogP contribution in [-0.2, 0) is 0 Å². The van der Waals surface area contributed by atoms with Crippen LogP contribution >= 0.6 is 22.7 Å². The number of hydrogen-bond donors (Lipinski definition) is 2. The standard InChI is InChI=1S/C17H14N4OS2/c1-9-7-10(2)14-13(8-9)24-17(19-14)21-20-15(22)16-18-11-5-3-4-6-12(11)23-16/h3-8H,1-2H3,(H,19,21)(H,20,22). The SMILES string of the molecule is Cc1cc(C)c2nc(NNC(=O)c3nc4ccccc4s3)sc2c1. The van der Waals surface area contributed by atoms with Crippen molar-refractivity contribution in [2.45, 2.75) is 13.8 Å². The van der Waals surface area contributed by atoms with Crippen molar-refractivity contribution in [1.29, 1.82) is 0 Å². The molecule has 2 heterocycles. The van der Waals surface area contributed by atoms with Gasteiger partial charge >= 0.3 is 0 Å². The van der Waals surface area contributed by atoms with Crippen LogP contribution in [0.4, 0.5) is 5.13 Å². The number of rotatable bonds is 3. The summed E-state index contributed by atoms with van der Waals surface area (Å²) >= 11 is 2.88. The number of hydrogen-bond acceptors (Lipinski definition) is 6. The Morgan fingerprint density at radius 2 is 1.88 bits per heavy atom. The van der Waals surface area contributed by atoms with Crippen LogP contribution in [0.1, 0.15) is 20.9 Å². The molecule has 24 heavy (non-hydrogen) atoms. The van der Waals surface area contributed by atoms with Crippen LogP contribution in [0, 0.1) is 13.8 Å². The average molecular weight is 354 g/mol. The molecule has 2 N–H and O–H groups in total. The molecule has 0 saturated carbocycles. The first-order chi connectivity index (χ1) is 11.6. The lowest BCUT2D eigenvalue weighted by Crippen LogP contribution is -2.29. The third-order valence-corrected chi connectivity index (χ3v) is 5.55. The Morgan fingerprint density at radius 1 is 1.04 bits per heavy atom. The van der Waals surface area contributed by atoms with E-state index in [1.165, 1.54) is 28.2 Å². The molecule has 0 fully saturated rings. The number of benzene rings is 2. The molecule has 0 spiro atoms. The van der Waals surface area contributed by atoms with Crippen LogP contribution in [0.2, 0.25) is 0 Å². The summed E-state index contributed by atoms with van der Waals surface area (Å²) in [4.78, 5) is 21.2. The van der Waals surface area contributed by atoms with Crippen molar-refractivity contribution in [1.82, 2.24) is 15.4 Å². The van der Waals surface area contributed by atoms with Crippen molar-refractivity contribution >= 4 is 54.1 Å². The molecule has 4 rings (SSSR count). The highest BCUT2D eigenvalue weighted by Crippen LogP contribution is 2.29. The summed E-state index contributed by atoms with van der Waals surface area (Å²) in [6.07, 6.45) is 0. The second kappa shape index (κ2) is 5.85. The second-order valence-electron chi connectivity index (χ2n) is 5.51. The van der Waals surface area contributed by atoms with Gasteiger partial charge < -0.3 is 0 Å². The molecule has 2 aromatic carbocycles. The Kier molecular flexibility index (Phi) is 3.66. The lowest BCUT2D eigenvalue weighted by atomic mass is 10.1. The second-order valence-corrected chi connectivity index (χ2v) is 7.57. The van der Waals surface area contributed by atoms with Crippen LogP contribution < -0.4 is 10.9 Å². The topological polar surface area (TPSA) is 66.9 Å². The molecular weight excluding hydrogens is 340 g/mol. The fourth-order valence-corrected chi connectivity index (χ4v) is 4.41. The van der Waals surface area contributed by atoms with Crippen molar-refractivity contribution in [3.05, 3.63) is 52.5 Å². The Bertz CT molecular complexity index is 1030. The number of anilines is 1. The molecule has 0 aliphatic carbocycles. The quantitative estimate of drug-likeness (QED) is 0.539. The van der Waals surface area contributed by atoms with E-state index < -0.39 is 0 Å². The van der Waals surface area contributed by atoms with Gasteiger partial charge in [-0.2, -0.15) is 0 Å². The lowest BCUT2D eigenvalue weighted by Gasteiger charge is -2.02. The minimum absolute atomic E-state index is 0.261. The zero-order valence-corrected chi connectivity index (χ0v) is 14.7. The number of hydrazine groups is 1. The predicted molar refractivity (Wildman–Crippen MR) is 99.8 cm³/mol. The Labute approximate surface area is 146 Å². The summed E-state index contributed by atoms with van der Waals surface area (Å²) in [5.41, 5.74) is 9.70. The largest absolute Gasteiger partial charge is 0.298 e.